The third-order valence-corrected chi connectivity index (χ3v) is 6.60. The van der Waals surface area contributed by atoms with Gasteiger partial charge in [-0.3, -0.25) is 24.6 Å². The molecule has 33 heavy (non-hydrogen) atoms. The molecule has 0 saturated carbocycles. The molecular formula is C25H28N2O6. The minimum Gasteiger partial charge on any atom is -0.504 e. The number of carbonyl (C=O) groups is 3. The van der Waals surface area contributed by atoms with E-state index in [2.05, 4.69) is 5.32 Å². The third kappa shape index (κ3) is 3.54. The number of nitrogens with zero attached hydrogens (tertiary/aromatic N) is 1. The van der Waals surface area contributed by atoms with Crippen molar-refractivity contribution < 1.29 is 29.3 Å². The molecule has 174 valence electrons. The highest BCUT2D eigenvalue weighted by atomic mass is 16.5. The Balaban J connectivity index is 1.89. The van der Waals surface area contributed by atoms with Crippen LogP contribution in [0.2, 0.25) is 0 Å². The van der Waals surface area contributed by atoms with Gasteiger partial charge in [-0.25, -0.2) is 0 Å². The molecule has 0 spiro atoms. The molecule has 0 aromatic heterocycles. The fourth-order valence-corrected chi connectivity index (χ4v) is 5.19. The largest absolute Gasteiger partial charge is 0.504 e. The van der Waals surface area contributed by atoms with E-state index in [1.54, 1.807) is 45.0 Å². The lowest BCUT2D eigenvalue weighted by Crippen LogP contribution is -2.58. The fraction of sp³-hybridized carbons (Fsp3) is 0.400. The Kier molecular flexibility index (Phi) is 5.44. The number of carboxylic acid groups (broad SMARTS) is 1. The first-order chi connectivity index (χ1) is 15.5. The number of phenolic OH excluding ortho intramolecular Hbond substituents is 1. The summed E-state index contributed by atoms with van der Waals surface area (Å²) in [5, 5.41) is 23.7. The lowest BCUT2D eigenvalue weighted by Gasteiger charge is -2.35. The summed E-state index contributed by atoms with van der Waals surface area (Å²) in [6, 6.07) is 12.9. The van der Waals surface area contributed by atoms with Crippen LogP contribution in [0.15, 0.2) is 48.5 Å². The minimum atomic E-state index is -1.69. The summed E-state index contributed by atoms with van der Waals surface area (Å²) in [4.78, 5) is 41.3. The first kappa shape index (κ1) is 22.8. The molecule has 8 heteroatoms. The van der Waals surface area contributed by atoms with Crippen molar-refractivity contribution in [3.05, 3.63) is 59.7 Å². The van der Waals surface area contributed by atoms with Crippen LogP contribution in [0.1, 0.15) is 37.9 Å². The molecule has 0 radical (unpaired) electrons. The number of hydrogen-bond donors (Lipinski definition) is 3. The smallest absolute Gasteiger partial charge is 0.325 e. The average molecular weight is 453 g/mol. The lowest BCUT2D eigenvalue weighted by atomic mass is 9.76. The summed E-state index contributed by atoms with van der Waals surface area (Å²) in [5.41, 5.74) is -1.18. The van der Waals surface area contributed by atoms with Crippen LogP contribution in [0.25, 0.3) is 0 Å². The van der Waals surface area contributed by atoms with E-state index in [-0.39, 0.29) is 17.9 Å². The van der Waals surface area contributed by atoms with Crippen LogP contribution in [0.5, 0.6) is 11.5 Å². The summed E-state index contributed by atoms with van der Waals surface area (Å²) in [7, 11) is 1.41. The number of carboxylic acids is 1. The van der Waals surface area contributed by atoms with Gasteiger partial charge in [0.15, 0.2) is 11.5 Å². The molecule has 2 aromatic rings. The van der Waals surface area contributed by atoms with Gasteiger partial charge in [-0.2, -0.15) is 0 Å². The highest BCUT2D eigenvalue weighted by Crippen LogP contribution is 2.52. The van der Waals surface area contributed by atoms with E-state index in [9.17, 15) is 24.6 Å². The maximum Gasteiger partial charge on any atom is 0.325 e. The number of fused-ring (bicyclic) bond motifs is 1. The number of ether oxygens (including phenoxy) is 1. The SMILES string of the molecule is COc1cc(C2NC(Cc3ccccc3)(C(=O)O)C3C(=O)N(C(C)(C)C)C(=O)C23)ccc1O. The Morgan fingerprint density at radius 2 is 1.79 bits per heavy atom. The van der Waals surface area contributed by atoms with Crippen LogP contribution >= 0.6 is 0 Å². The molecule has 2 aliphatic heterocycles. The molecule has 2 fully saturated rings. The highest BCUT2D eigenvalue weighted by molar-refractivity contribution is 6.10. The number of amides is 2. The second-order valence-corrected chi connectivity index (χ2v) is 9.68. The molecule has 2 aliphatic rings. The zero-order valence-corrected chi connectivity index (χ0v) is 19.0. The second kappa shape index (κ2) is 7.88. The molecule has 2 amide bonds. The number of hydrogen-bond acceptors (Lipinski definition) is 6. The van der Waals surface area contributed by atoms with Gasteiger partial charge in [0.05, 0.1) is 18.9 Å². The third-order valence-electron chi connectivity index (χ3n) is 6.60. The maximum absolute atomic E-state index is 13.6. The molecule has 2 aromatic carbocycles. The number of imide groups is 1. The van der Waals surface area contributed by atoms with E-state index in [4.69, 9.17) is 4.74 Å². The van der Waals surface area contributed by atoms with E-state index in [1.165, 1.54) is 18.1 Å². The van der Waals surface area contributed by atoms with Crippen molar-refractivity contribution in [2.24, 2.45) is 11.8 Å². The molecule has 3 N–H and O–H groups in total. The van der Waals surface area contributed by atoms with Crippen molar-refractivity contribution in [3.63, 3.8) is 0 Å². The number of likely N-dealkylation sites (tertiary alicyclic amines) is 1. The van der Waals surface area contributed by atoms with Crippen molar-refractivity contribution in [1.82, 2.24) is 10.2 Å². The molecule has 4 unspecified atom stereocenters. The van der Waals surface area contributed by atoms with E-state index in [0.717, 1.165) is 5.56 Å². The van der Waals surface area contributed by atoms with Crippen LogP contribution in [0.4, 0.5) is 0 Å². The Morgan fingerprint density at radius 3 is 2.36 bits per heavy atom. The number of carbonyl (C=O) groups excluding carboxylic acids is 2. The Morgan fingerprint density at radius 1 is 1.12 bits per heavy atom. The van der Waals surface area contributed by atoms with Crippen molar-refractivity contribution in [1.29, 1.82) is 0 Å². The van der Waals surface area contributed by atoms with Crippen LogP contribution in [-0.4, -0.2) is 51.1 Å². The van der Waals surface area contributed by atoms with Crippen LogP contribution in [0, 0.1) is 11.8 Å². The summed E-state index contributed by atoms with van der Waals surface area (Å²) in [5.74, 6) is -3.96. The fourth-order valence-electron chi connectivity index (χ4n) is 5.19. The first-order valence-corrected chi connectivity index (χ1v) is 10.8. The summed E-state index contributed by atoms with van der Waals surface area (Å²) < 4.78 is 5.22. The van der Waals surface area contributed by atoms with Gasteiger partial charge in [-0.15, -0.1) is 0 Å². The molecule has 0 bridgehead atoms. The molecule has 0 aliphatic carbocycles. The highest BCUT2D eigenvalue weighted by Gasteiger charge is 2.69. The number of aromatic hydroxyl groups is 1. The number of nitrogens with one attached hydrogen (secondary N) is 1. The van der Waals surface area contributed by atoms with Gasteiger partial charge in [0.25, 0.3) is 0 Å². The molecule has 2 saturated heterocycles. The normalized spacial score (nSPS) is 27.0. The predicted molar refractivity (Wildman–Crippen MR) is 120 cm³/mol. The molecular weight excluding hydrogens is 424 g/mol. The minimum absolute atomic E-state index is 0.0348. The summed E-state index contributed by atoms with van der Waals surface area (Å²) >= 11 is 0. The predicted octanol–water partition coefficient (Wildman–Crippen LogP) is 2.51. The van der Waals surface area contributed by atoms with Gasteiger partial charge in [-0.1, -0.05) is 36.4 Å². The molecule has 4 atom stereocenters. The van der Waals surface area contributed by atoms with Gasteiger partial charge < -0.3 is 14.9 Å². The van der Waals surface area contributed by atoms with Crippen molar-refractivity contribution in [3.8, 4) is 11.5 Å². The van der Waals surface area contributed by atoms with Gasteiger partial charge in [0.1, 0.15) is 5.54 Å². The summed E-state index contributed by atoms with van der Waals surface area (Å²) in [6.07, 6.45) is 0.0348. The zero-order valence-electron chi connectivity index (χ0n) is 19.0. The molecule has 4 rings (SSSR count). The first-order valence-electron chi connectivity index (χ1n) is 10.8. The topological polar surface area (TPSA) is 116 Å². The zero-order chi connectivity index (χ0) is 24.1. The second-order valence-electron chi connectivity index (χ2n) is 9.68. The number of aliphatic carboxylic acids is 1. The van der Waals surface area contributed by atoms with Crippen molar-refractivity contribution in [2.45, 2.75) is 44.3 Å². The quantitative estimate of drug-likeness (QED) is 0.597. The molecule has 8 nitrogen and oxygen atoms in total. The number of phenols is 1. The van der Waals surface area contributed by atoms with Crippen molar-refractivity contribution >= 4 is 17.8 Å². The van der Waals surface area contributed by atoms with Crippen LogP contribution in [0.3, 0.4) is 0 Å². The Hall–Kier alpha value is -3.39. The van der Waals surface area contributed by atoms with E-state index in [0.29, 0.717) is 5.56 Å². The van der Waals surface area contributed by atoms with Crippen LogP contribution in [-0.2, 0) is 20.8 Å². The van der Waals surface area contributed by atoms with Crippen LogP contribution < -0.4 is 10.1 Å². The Bertz CT molecular complexity index is 1110. The van der Waals surface area contributed by atoms with E-state index >= 15 is 0 Å². The maximum atomic E-state index is 13.6. The Labute approximate surface area is 192 Å². The number of rotatable bonds is 5. The molecule has 2 heterocycles. The number of benzene rings is 2. The van der Waals surface area contributed by atoms with E-state index < -0.39 is 46.7 Å². The average Bonchev–Trinajstić information content (AvgIpc) is 3.23. The van der Waals surface area contributed by atoms with Crippen molar-refractivity contribution in [2.75, 3.05) is 7.11 Å². The standard InChI is InChI=1S/C25H28N2O6/c1-24(2,3)27-21(29)18-19(22(27)30)25(23(31)32,13-14-8-6-5-7-9-14)26-20(18)15-10-11-16(28)17(12-15)33-4/h5-12,18-20,26,28H,13H2,1-4H3,(H,31,32). The summed E-state index contributed by atoms with van der Waals surface area (Å²) in [6.45, 7) is 5.28. The van der Waals surface area contributed by atoms with Gasteiger partial charge in [-0.05, 0) is 44.0 Å². The van der Waals surface area contributed by atoms with Gasteiger partial charge in [0.2, 0.25) is 11.8 Å². The van der Waals surface area contributed by atoms with Gasteiger partial charge in [0, 0.05) is 18.0 Å². The lowest BCUT2D eigenvalue weighted by molar-refractivity contribution is -0.153. The van der Waals surface area contributed by atoms with Gasteiger partial charge >= 0.3 is 5.97 Å². The monoisotopic (exact) mass is 452 g/mol. The van der Waals surface area contributed by atoms with E-state index in [1.807, 2.05) is 18.2 Å². The number of methoxy groups -OCH3 is 1.